The molecule has 0 spiro atoms. The van der Waals surface area contributed by atoms with Gasteiger partial charge in [-0.2, -0.15) is 11.3 Å². The predicted octanol–water partition coefficient (Wildman–Crippen LogP) is 2.48. The summed E-state index contributed by atoms with van der Waals surface area (Å²) in [4.78, 5) is 19.3. The Kier molecular flexibility index (Phi) is 3.29. The molecule has 2 heterocycles. The van der Waals surface area contributed by atoms with Gasteiger partial charge in [-0.05, 0) is 34.5 Å². The Hall–Kier alpha value is -2.14. The van der Waals surface area contributed by atoms with Gasteiger partial charge in [0.1, 0.15) is 5.82 Å². The van der Waals surface area contributed by atoms with E-state index in [0.29, 0.717) is 12.4 Å². The molecule has 0 fully saturated rings. The fourth-order valence-electron chi connectivity index (χ4n) is 1.90. The maximum atomic E-state index is 11.8. The molecule has 0 radical (unpaired) electrons. The lowest BCUT2D eigenvalue weighted by atomic mass is 10.3. The first-order chi connectivity index (χ1) is 9.31. The van der Waals surface area contributed by atoms with Crippen LogP contribution in [0, 0.1) is 0 Å². The largest absolute Gasteiger partial charge is 0.352 e. The zero-order valence-corrected chi connectivity index (χ0v) is 11.0. The lowest BCUT2D eigenvalue weighted by Gasteiger charge is -2.01. The van der Waals surface area contributed by atoms with Crippen molar-refractivity contribution in [2.75, 3.05) is 0 Å². The Labute approximate surface area is 114 Å². The van der Waals surface area contributed by atoms with Crippen LogP contribution in [0.15, 0.2) is 41.1 Å². The molecular formula is C14H13N3OS. The number of para-hydroxylation sites is 2. The second kappa shape index (κ2) is 5.24. The Morgan fingerprint density at radius 2 is 2.21 bits per heavy atom. The number of hydrogen-bond donors (Lipinski definition) is 2. The van der Waals surface area contributed by atoms with Gasteiger partial charge in [0.2, 0.25) is 5.91 Å². The highest BCUT2D eigenvalue weighted by atomic mass is 32.1. The monoisotopic (exact) mass is 271 g/mol. The van der Waals surface area contributed by atoms with Gasteiger partial charge >= 0.3 is 0 Å². The fraction of sp³-hybridized carbons (Fsp3) is 0.143. The SMILES string of the molecule is O=C(Cc1nc2ccccc2[nH]1)NCc1ccsc1. The van der Waals surface area contributed by atoms with Gasteiger partial charge in [0.05, 0.1) is 17.5 Å². The van der Waals surface area contributed by atoms with E-state index in [9.17, 15) is 4.79 Å². The van der Waals surface area contributed by atoms with E-state index >= 15 is 0 Å². The number of carbonyl (C=O) groups is 1. The van der Waals surface area contributed by atoms with E-state index in [1.807, 2.05) is 41.1 Å². The van der Waals surface area contributed by atoms with Gasteiger partial charge in [0.25, 0.3) is 0 Å². The number of imidazole rings is 1. The molecule has 0 saturated heterocycles. The van der Waals surface area contributed by atoms with Crippen LogP contribution in [0.3, 0.4) is 0 Å². The molecule has 1 aromatic carbocycles. The minimum atomic E-state index is -0.0229. The third kappa shape index (κ3) is 2.82. The van der Waals surface area contributed by atoms with E-state index in [1.165, 1.54) is 0 Å². The first-order valence-corrected chi connectivity index (χ1v) is 6.97. The van der Waals surface area contributed by atoms with E-state index in [2.05, 4.69) is 15.3 Å². The van der Waals surface area contributed by atoms with Gasteiger partial charge in [0.15, 0.2) is 0 Å². The third-order valence-electron chi connectivity index (χ3n) is 2.84. The number of benzene rings is 1. The number of aromatic amines is 1. The molecule has 19 heavy (non-hydrogen) atoms. The summed E-state index contributed by atoms with van der Waals surface area (Å²) in [7, 11) is 0. The number of nitrogens with zero attached hydrogens (tertiary/aromatic N) is 1. The van der Waals surface area contributed by atoms with Crippen LogP contribution >= 0.6 is 11.3 Å². The summed E-state index contributed by atoms with van der Waals surface area (Å²) >= 11 is 1.63. The molecule has 0 aliphatic heterocycles. The lowest BCUT2D eigenvalue weighted by Crippen LogP contribution is -2.24. The van der Waals surface area contributed by atoms with Crippen LogP contribution in [0.25, 0.3) is 11.0 Å². The molecule has 1 amide bonds. The molecule has 5 heteroatoms. The molecule has 0 aliphatic rings. The molecule has 0 saturated carbocycles. The Morgan fingerprint density at radius 3 is 3.00 bits per heavy atom. The Bertz CT molecular complexity index is 655. The lowest BCUT2D eigenvalue weighted by molar-refractivity contribution is -0.120. The minimum absolute atomic E-state index is 0.0229. The highest BCUT2D eigenvalue weighted by Crippen LogP contribution is 2.10. The highest BCUT2D eigenvalue weighted by Gasteiger charge is 2.07. The number of thiophene rings is 1. The molecular weight excluding hydrogens is 258 g/mol. The van der Waals surface area contributed by atoms with E-state index < -0.39 is 0 Å². The maximum Gasteiger partial charge on any atom is 0.227 e. The smallest absolute Gasteiger partial charge is 0.227 e. The summed E-state index contributed by atoms with van der Waals surface area (Å²) < 4.78 is 0. The maximum absolute atomic E-state index is 11.8. The van der Waals surface area contributed by atoms with Crippen molar-refractivity contribution >= 4 is 28.3 Å². The second-order valence-electron chi connectivity index (χ2n) is 4.29. The van der Waals surface area contributed by atoms with Gasteiger partial charge in [-0.25, -0.2) is 4.98 Å². The van der Waals surface area contributed by atoms with Gasteiger partial charge in [0, 0.05) is 6.54 Å². The number of hydrogen-bond acceptors (Lipinski definition) is 3. The molecule has 3 rings (SSSR count). The summed E-state index contributed by atoms with van der Waals surface area (Å²) in [5.74, 6) is 0.675. The summed E-state index contributed by atoms with van der Waals surface area (Å²) in [6, 6.07) is 9.77. The van der Waals surface area contributed by atoms with Crippen LogP contribution in [0.4, 0.5) is 0 Å². The zero-order valence-electron chi connectivity index (χ0n) is 10.2. The summed E-state index contributed by atoms with van der Waals surface area (Å²) in [5.41, 5.74) is 2.98. The number of aromatic nitrogens is 2. The van der Waals surface area contributed by atoms with Crippen LogP contribution in [-0.2, 0) is 17.8 Å². The van der Waals surface area contributed by atoms with E-state index in [4.69, 9.17) is 0 Å². The zero-order chi connectivity index (χ0) is 13.1. The van der Waals surface area contributed by atoms with Crippen molar-refractivity contribution in [3.63, 3.8) is 0 Å². The molecule has 2 N–H and O–H groups in total. The van der Waals surface area contributed by atoms with E-state index in [-0.39, 0.29) is 12.3 Å². The van der Waals surface area contributed by atoms with E-state index in [0.717, 1.165) is 16.6 Å². The van der Waals surface area contributed by atoms with Crippen LogP contribution in [0.2, 0.25) is 0 Å². The van der Waals surface area contributed by atoms with Crippen molar-refractivity contribution < 1.29 is 4.79 Å². The quantitative estimate of drug-likeness (QED) is 0.766. The third-order valence-corrected chi connectivity index (χ3v) is 3.57. The number of carbonyl (C=O) groups excluding carboxylic acids is 1. The second-order valence-corrected chi connectivity index (χ2v) is 5.07. The van der Waals surface area contributed by atoms with Crippen molar-refractivity contribution in [2.45, 2.75) is 13.0 Å². The number of rotatable bonds is 4. The topological polar surface area (TPSA) is 57.8 Å². The fourth-order valence-corrected chi connectivity index (χ4v) is 2.57. The first kappa shape index (κ1) is 11.9. The van der Waals surface area contributed by atoms with Crippen LogP contribution in [0.1, 0.15) is 11.4 Å². The van der Waals surface area contributed by atoms with Gasteiger partial charge in [-0.1, -0.05) is 12.1 Å². The number of H-pyrrole nitrogens is 1. The molecule has 2 aromatic heterocycles. The van der Waals surface area contributed by atoms with Crippen LogP contribution in [-0.4, -0.2) is 15.9 Å². The average molecular weight is 271 g/mol. The van der Waals surface area contributed by atoms with Crippen molar-refractivity contribution in [1.82, 2.24) is 15.3 Å². The molecule has 0 atom stereocenters. The van der Waals surface area contributed by atoms with Crippen molar-refractivity contribution in [3.8, 4) is 0 Å². The number of nitrogens with one attached hydrogen (secondary N) is 2. The summed E-state index contributed by atoms with van der Waals surface area (Å²) in [5, 5.41) is 6.92. The molecule has 4 nitrogen and oxygen atoms in total. The Morgan fingerprint density at radius 1 is 1.32 bits per heavy atom. The summed E-state index contributed by atoms with van der Waals surface area (Å²) in [6.07, 6.45) is 0.277. The molecule has 0 bridgehead atoms. The predicted molar refractivity (Wildman–Crippen MR) is 76.0 cm³/mol. The summed E-state index contributed by atoms with van der Waals surface area (Å²) in [6.45, 7) is 0.572. The van der Waals surface area contributed by atoms with Gasteiger partial charge in [-0.15, -0.1) is 0 Å². The molecule has 0 unspecified atom stereocenters. The highest BCUT2D eigenvalue weighted by molar-refractivity contribution is 7.07. The molecule has 3 aromatic rings. The van der Waals surface area contributed by atoms with Crippen LogP contribution in [0.5, 0.6) is 0 Å². The molecule has 96 valence electrons. The van der Waals surface area contributed by atoms with Crippen LogP contribution < -0.4 is 5.32 Å². The number of fused-ring (bicyclic) bond motifs is 1. The van der Waals surface area contributed by atoms with Crippen molar-refractivity contribution in [3.05, 3.63) is 52.5 Å². The normalized spacial score (nSPS) is 10.7. The standard InChI is InChI=1S/C14H13N3OS/c18-14(15-8-10-5-6-19-9-10)7-13-16-11-3-1-2-4-12(11)17-13/h1-6,9H,7-8H2,(H,15,18)(H,16,17). The van der Waals surface area contributed by atoms with E-state index in [1.54, 1.807) is 11.3 Å². The number of amides is 1. The first-order valence-electron chi connectivity index (χ1n) is 6.02. The average Bonchev–Trinajstić information content (AvgIpc) is 3.04. The van der Waals surface area contributed by atoms with Gasteiger partial charge in [-0.3, -0.25) is 4.79 Å². The minimum Gasteiger partial charge on any atom is -0.352 e. The Balaban J connectivity index is 1.62. The van der Waals surface area contributed by atoms with Gasteiger partial charge < -0.3 is 10.3 Å². The van der Waals surface area contributed by atoms with Crippen molar-refractivity contribution in [2.24, 2.45) is 0 Å². The van der Waals surface area contributed by atoms with Crippen molar-refractivity contribution in [1.29, 1.82) is 0 Å². The molecule has 0 aliphatic carbocycles.